The monoisotopic (exact) mass is 293 g/mol. The van der Waals surface area contributed by atoms with Crippen molar-refractivity contribution >= 4 is 19.0 Å². The van der Waals surface area contributed by atoms with Crippen molar-refractivity contribution in [3.63, 3.8) is 0 Å². The minimum Gasteiger partial charge on any atom is -0.534 e. The Morgan fingerprint density at radius 2 is 2.19 bits per heavy atom. The number of amides is 1. The summed E-state index contributed by atoms with van der Waals surface area (Å²) < 4.78 is 5.20. The lowest BCUT2D eigenvalue weighted by molar-refractivity contribution is -0.121. The minimum atomic E-state index is -1.36. The van der Waals surface area contributed by atoms with E-state index in [4.69, 9.17) is 9.76 Å². The molecule has 0 aromatic heterocycles. The lowest BCUT2D eigenvalue weighted by Crippen LogP contribution is -2.53. The highest BCUT2D eigenvalue weighted by atomic mass is 16.5. The zero-order valence-electron chi connectivity index (χ0n) is 11.5. The predicted molar refractivity (Wildman–Crippen MR) is 74.2 cm³/mol. The molecule has 112 valence electrons. The number of aromatic hydroxyl groups is 1. The van der Waals surface area contributed by atoms with Crippen molar-refractivity contribution < 1.29 is 29.5 Å². The maximum atomic E-state index is 11.6. The number of phenols is 1. The van der Waals surface area contributed by atoms with E-state index in [1.165, 1.54) is 12.1 Å². The van der Waals surface area contributed by atoms with Gasteiger partial charge in [0.1, 0.15) is 17.1 Å². The number of fused-ring (bicyclic) bond motifs is 1. The molecule has 0 radical (unpaired) electrons. The van der Waals surface area contributed by atoms with Crippen LogP contribution in [-0.4, -0.2) is 40.2 Å². The lowest BCUT2D eigenvalue weighted by atomic mass is 9.72. The van der Waals surface area contributed by atoms with Crippen LogP contribution in [0.3, 0.4) is 0 Å². The Morgan fingerprint density at radius 1 is 1.48 bits per heavy atom. The molecule has 1 aromatic rings. The first-order chi connectivity index (χ1) is 9.93. The first kappa shape index (κ1) is 15.2. The van der Waals surface area contributed by atoms with Crippen molar-refractivity contribution in [2.24, 2.45) is 0 Å². The highest BCUT2D eigenvalue weighted by molar-refractivity contribution is 6.47. The fraction of sp³-hybridized carbons (Fsp3) is 0.385. The summed E-state index contributed by atoms with van der Waals surface area (Å²) in [7, 11) is -1.36. The van der Waals surface area contributed by atoms with Crippen molar-refractivity contribution in [1.29, 1.82) is 0 Å². The molecular weight excluding hydrogens is 277 g/mol. The van der Waals surface area contributed by atoms with Crippen LogP contribution in [0.2, 0.25) is 0 Å². The smallest absolute Gasteiger partial charge is 0.534 e. The van der Waals surface area contributed by atoms with Gasteiger partial charge in [-0.05, 0) is 24.5 Å². The summed E-state index contributed by atoms with van der Waals surface area (Å²) in [4.78, 5) is 22.7. The second-order valence-corrected chi connectivity index (χ2v) is 4.89. The molecule has 8 heteroatoms. The van der Waals surface area contributed by atoms with Crippen LogP contribution in [0.25, 0.3) is 0 Å². The summed E-state index contributed by atoms with van der Waals surface area (Å²) >= 11 is 0. The fourth-order valence-electron chi connectivity index (χ4n) is 2.29. The summed E-state index contributed by atoms with van der Waals surface area (Å²) in [5.74, 6) is -2.68. The van der Waals surface area contributed by atoms with Gasteiger partial charge in [-0.15, -0.1) is 0 Å². The Kier molecular flexibility index (Phi) is 4.37. The Morgan fingerprint density at radius 3 is 2.81 bits per heavy atom. The highest BCUT2D eigenvalue weighted by Gasteiger charge is 2.38. The van der Waals surface area contributed by atoms with Gasteiger partial charge in [-0.25, -0.2) is 4.79 Å². The van der Waals surface area contributed by atoms with Crippen LogP contribution in [0.4, 0.5) is 0 Å². The summed E-state index contributed by atoms with van der Waals surface area (Å²) in [6.45, 7) is 1.87. The fourth-order valence-corrected chi connectivity index (χ4v) is 2.29. The molecule has 1 aliphatic rings. The third-order valence-corrected chi connectivity index (χ3v) is 3.28. The van der Waals surface area contributed by atoms with E-state index in [1.807, 2.05) is 6.92 Å². The molecule has 21 heavy (non-hydrogen) atoms. The Hall–Kier alpha value is -2.22. The number of benzene rings is 1. The van der Waals surface area contributed by atoms with Crippen LogP contribution < -0.4 is 9.97 Å². The van der Waals surface area contributed by atoms with Gasteiger partial charge in [0.15, 0.2) is 0 Å². The largest absolute Gasteiger partial charge is 0.547 e. The van der Waals surface area contributed by atoms with Crippen molar-refractivity contribution in [1.82, 2.24) is 5.32 Å². The van der Waals surface area contributed by atoms with Crippen molar-refractivity contribution in [3.8, 4) is 11.5 Å². The second-order valence-electron chi connectivity index (χ2n) is 4.89. The molecule has 7 nitrogen and oxygen atoms in total. The summed E-state index contributed by atoms with van der Waals surface area (Å²) in [6.07, 6.45) is 1.25. The molecule has 0 aliphatic carbocycles. The first-order valence-electron chi connectivity index (χ1n) is 6.66. The molecule has 0 unspecified atom stereocenters. The number of carbonyl (C=O) groups is 2. The number of rotatable bonds is 4. The average Bonchev–Trinajstić information content (AvgIpc) is 2.39. The van der Waals surface area contributed by atoms with Gasteiger partial charge >= 0.3 is 13.1 Å². The molecule has 1 aromatic carbocycles. The van der Waals surface area contributed by atoms with Crippen molar-refractivity contribution in [2.45, 2.75) is 32.1 Å². The number of aromatic carboxylic acids is 1. The third kappa shape index (κ3) is 3.10. The molecule has 4 N–H and O–H groups in total. The van der Waals surface area contributed by atoms with E-state index in [0.717, 1.165) is 0 Å². The van der Waals surface area contributed by atoms with E-state index in [-0.39, 0.29) is 23.6 Å². The maximum absolute atomic E-state index is 11.6. The standard InChI is InChI=1S/C13H16BNO6/c1-2-3-10(17)15-9-6-7-4-5-8(16)11(13(18)19)12(7)21-14(9)20/h4-5,9,16,20H,2-3,6H2,1H3,(H,15,17)(H,18,19)/t9-/m0/s1. The molecule has 0 spiro atoms. The molecule has 0 saturated heterocycles. The summed E-state index contributed by atoms with van der Waals surface area (Å²) in [6, 6.07) is 2.77. The number of carboxylic acid groups (broad SMARTS) is 1. The highest BCUT2D eigenvalue weighted by Crippen LogP contribution is 2.35. The maximum Gasteiger partial charge on any atom is 0.547 e. The summed E-state index contributed by atoms with van der Waals surface area (Å²) in [5, 5.41) is 31.3. The molecular formula is C13H16BNO6. The predicted octanol–water partition coefficient (Wildman–Crippen LogP) is 0.330. The number of hydrogen-bond donors (Lipinski definition) is 4. The van der Waals surface area contributed by atoms with Gasteiger partial charge < -0.3 is 25.2 Å². The van der Waals surface area contributed by atoms with Gasteiger partial charge in [-0.3, -0.25) is 4.79 Å². The quantitative estimate of drug-likeness (QED) is 0.594. The number of hydrogen-bond acceptors (Lipinski definition) is 5. The molecule has 1 heterocycles. The van der Waals surface area contributed by atoms with E-state index < -0.39 is 24.8 Å². The van der Waals surface area contributed by atoms with Gasteiger partial charge in [0.25, 0.3) is 0 Å². The Labute approximate surface area is 121 Å². The van der Waals surface area contributed by atoms with E-state index in [2.05, 4.69) is 5.32 Å². The normalized spacial score (nSPS) is 16.9. The molecule has 2 rings (SSSR count). The Bertz CT molecular complexity index is 576. The molecule has 0 fully saturated rings. The van der Waals surface area contributed by atoms with Crippen LogP contribution in [-0.2, 0) is 11.2 Å². The molecule has 1 atom stereocenters. The molecule has 1 amide bonds. The SMILES string of the molecule is CCCC(=O)N[C@H]1Cc2ccc(O)c(C(=O)O)c2OB1O. The van der Waals surface area contributed by atoms with Crippen LogP contribution in [0, 0.1) is 0 Å². The number of carboxylic acids is 1. The van der Waals surface area contributed by atoms with Gasteiger partial charge in [0.2, 0.25) is 5.91 Å². The van der Waals surface area contributed by atoms with E-state index in [0.29, 0.717) is 18.4 Å². The van der Waals surface area contributed by atoms with Gasteiger partial charge in [0, 0.05) is 6.42 Å². The van der Waals surface area contributed by atoms with E-state index >= 15 is 0 Å². The van der Waals surface area contributed by atoms with Crippen LogP contribution in [0.15, 0.2) is 12.1 Å². The van der Waals surface area contributed by atoms with Gasteiger partial charge in [-0.1, -0.05) is 13.0 Å². The zero-order valence-corrected chi connectivity index (χ0v) is 11.5. The molecule has 0 bridgehead atoms. The summed E-state index contributed by atoms with van der Waals surface area (Å²) in [5.41, 5.74) is 0.127. The topological polar surface area (TPSA) is 116 Å². The second kappa shape index (κ2) is 6.05. The van der Waals surface area contributed by atoms with Gasteiger partial charge in [0.05, 0.1) is 5.94 Å². The van der Waals surface area contributed by atoms with Crippen LogP contribution in [0.1, 0.15) is 35.7 Å². The van der Waals surface area contributed by atoms with E-state index in [9.17, 15) is 19.7 Å². The first-order valence-corrected chi connectivity index (χ1v) is 6.66. The average molecular weight is 293 g/mol. The Balaban J connectivity index is 2.26. The van der Waals surface area contributed by atoms with Crippen molar-refractivity contribution in [2.75, 3.05) is 0 Å². The minimum absolute atomic E-state index is 0.0593. The number of carbonyl (C=O) groups excluding carboxylic acids is 1. The van der Waals surface area contributed by atoms with Gasteiger partial charge in [-0.2, -0.15) is 0 Å². The van der Waals surface area contributed by atoms with E-state index in [1.54, 1.807) is 0 Å². The lowest BCUT2D eigenvalue weighted by Gasteiger charge is -2.29. The molecule has 1 aliphatic heterocycles. The zero-order chi connectivity index (χ0) is 15.6. The number of nitrogens with one attached hydrogen (secondary N) is 1. The van der Waals surface area contributed by atoms with Crippen LogP contribution >= 0.6 is 0 Å². The molecule has 0 saturated carbocycles. The van der Waals surface area contributed by atoms with Crippen LogP contribution in [0.5, 0.6) is 11.5 Å². The third-order valence-electron chi connectivity index (χ3n) is 3.28. The van der Waals surface area contributed by atoms with Crippen molar-refractivity contribution in [3.05, 3.63) is 23.3 Å².